The molecule has 6 heteroatoms. The lowest BCUT2D eigenvalue weighted by atomic mass is 9.99. The fourth-order valence-electron chi connectivity index (χ4n) is 5.76. The first-order chi connectivity index (χ1) is 19.2. The third kappa shape index (κ3) is 4.53. The van der Waals surface area contributed by atoms with E-state index in [1.165, 1.54) is 12.7 Å². The Bertz CT molecular complexity index is 1810. The highest BCUT2D eigenvalue weighted by Crippen LogP contribution is 2.37. The lowest BCUT2D eigenvalue weighted by Crippen LogP contribution is -2.00. The fraction of sp³-hybridized carbons (Fsp3) is 0.265. The van der Waals surface area contributed by atoms with E-state index in [9.17, 15) is 4.79 Å². The number of nitrogens with one attached hydrogen (secondary N) is 2. The molecule has 0 atom stereocenters. The number of allylic oxidation sites excluding steroid dienone is 4. The van der Waals surface area contributed by atoms with Crippen LogP contribution in [-0.4, -0.2) is 33.0 Å². The van der Waals surface area contributed by atoms with E-state index in [1.807, 2.05) is 12.2 Å². The summed E-state index contributed by atoms with van der Waals surface area (Å²) in [6.45, 7) is 18.7. The Hall–Kier alpha value is -4.45. The number of carbonyl (C=O) groups excluding carboxylic acids is 1. The summed E-state index contributed by atoms with van der Waals surface area (Å²) < 4.78 is 4.93. The molecule has 8 bridgehead atoms. The van der Waals surface area contributed by atoms with Gasteiger partial charge in [0.2, 0.25) is 0 Å². The zero-order valence-corrected chi connectivity index (χ0v) is 24.2. The van der Waals surface area contributed by atoms with Crippen LogP contribution in [0.15, 0.2) is 37.4 Å². The topological polar surface area (TPSA) is 83.7 Å². The molecule has 3 aromatic rings. The molecule has 0 fully saturated rings. The summed E-state index contributed by atoms with van der Waals surface area (Å²) in [6, 6.07) is 8.40. The zero-order valence-electron chi connectivity index (χ0n) is 24.2. The Labute approximate surface area is 235 Å². The molecule has 0 unspecified atom stereocenters. The van der Waals surface area contributed by atoms with Crippen molar-refractivity contribution in [2.45, 2.75) is 53.9 Å². The Kier molecular flexibility index (Phi) is 7.19. The number of hydrogen-bond donors (Lipinski definition) is 2. The highest BCUT2D eigenvalue weighted by atomic mass is 16.5. The molecule has 2 N–H and O–H groups in total. The van der Waals surface area contributed by atoms with Crippen LogP contribution < -0.4 is 0 Å². The monoisotopic (exact) mass is 532 g/mol. The molecule has 5 heterocycles. The number of H-pyrrole nitrogens is 2. The van der Waals surface area contributed by atoms with Crippen LogP contribution in [0.1, 0.15) is 85.1 Å². The molecule has 0 aromatic carbocycles. The number of rotatable bonds is 6. The van der Waals surface area contributed by atoms with Crippen LogP contribution in [0.3, 0.4) is 0 Å². The van der Waals surface area contributed by atoms with Crippen molar-refractivity contribution in [3.63, 3.8) is 0 Å². The molecule has 0 saturated carbocycles. The van der Waals surface area contributed by atoms with Crippen LogP contribution in [0.2, 0.25) is 0 Å². The Morgan fingerprint density at radius 1 is 0.775 bits per heavy atom. The maximum atomic E-state index is 12.1. The maximum Gasteiger partial charge on any atom is 0.305 e. The predicted molar refractivity (Wildman–Crippen MR) is 167 cm³/mol. The number of hydrogen-bond acceptors (Lipinski definition) is 4. The average molecular weight is 533 g/mol. The number of ether oxygens (including phenoxy) is 1. The fourth-order valence-corrected chi connectivity index (χ4v) is 5.76. The largest absolute Gasteiger partial charge is 0.469 e. The van der Waals surface area contributed by atoms with E-state index in [1.54, 1.807) is 0 Å². The molecule has 0 spiro atoms. The van der Waals surface area contributed by atoms with E-state index in [4.69, 9.17) is 14.7 Å². The van der Waals surface area contributed by atoms with Crippen LogP contribution in [0, 0.1) is 13.8 Å². The van der Waals surface area contributed by atoms with Gasteiger partial charge in [-0.05, 0) is 98.2 Å². The summed E-state index contributed by atoms with van der Waals surface area (Å²) in [7, 11) is 1.42. The number of nitrogens with zero attached hydrogens (tertiary/aromatic N) is 2. The minimum Gasteiger partial charge on any atom is -0.469 e. The molecule has 2 aliphatic rings. The standard InChI is InChI=1S/C34H36N4O2/c1-9-22-18(4)26-14-27-19(5)24(11-3)32(36-27)17-33-25(12-13-34(39)40-8)21(7)29(38-33)16-31-23(10-2)20(6)28(37-31)15-30(22)35-26/h9-10,14-17,35,37H,1-2,11-13H2,3-8H3. The van der Waals surface area contributed by atoms with E-state index in [0.717, 1.165) is 90.2 Å². The SMILES string of the molecule is C=Cc1c(C)c2cc3[nH]c(cc4nc(cc5nc(cc1[nH]2)C(C)=C5CCC(=O)OC)C(CC)=C4C)c(C)c3C=C. The predicted octanol–water partition coefficient (Wildman–Crippen LogP) is 8.44. The lowest BCUT2D eigenvalue weighted by molar-refractivity contribution is -0.140. The van der Waals surface area contributed by atoms with Crippen LogP contribution in [0.25, 0.3) is 56.5 Å². The summed E-state index contributed by atoms with van der Waals surface area (Å²) >= 11 is 0. The molecule has 0 aliphatic carbocycles. The Balaban J connectivity index is 1.93. The van der Waals surface area contributed by atoms with Gasteiger partial charge in [-0.15, -0.1) is 0 Å². The third-order valence-corrected chi connectivity index (χ3v) is 8.20. The normalized spacial score (nSPS) is 13.2. The molecular weight excluding hydrogens is 496 g/mol. The van der Waals surface area contributed by atoms with Crippen molar-refractivity contribution in [1.29, 1.82) is 0 Å². The summed E-state index contributed by atoms with van der Waals surface area (Å²) in [5, 5.41) is 0. The average Bonchev–Trinajstić information content (AvgIpc) is 3.60. The lowest BCUT2D eigenvalue weighted by Gasteiger charge is -2.05. The van der Waals surface area contributed by atoms with E-state index >= 15 is 0 Å². The van der Waals surface area contributed by atoms with Gasteiger partial charge >= 0.3 is 5.97 Å². The van der Waals surface area contributed by atoms with Gasteiger partial charge in [0.25, 0.3) is 0 Å². The molecule has 204 valence electrons. The second-order valence-electron chi connectivity index (χ2n) is 10.4. The molecule has 0 saturated heterocycles. The van der Waals surface area contributed by atoms with Gasteiger partial charge in [-0.2, -0.15) is 0 Å². The van der Waals surface area contributed by atoms with Crippen molar-refractivity contribution >= 4 is 62.5 Å². The zero-order chi connectivity index (χ0) is 28.7. The van der Waals surface area contributed by atoms with Gasteiger partial charge in [0.15, 0.2) is 0 Å². The van der Waals surface area contributed by atoms with Gasteiger partial charge in [-0.1, -0.05) is 32.2 Å². The summed E-state index contributed by atoms with van der Waals surface area (Å²) in [5.41, 5.74) is 16.2. The van der Waals surface area contributed by atoms with Crippen molar-refractivity contribution in [2.24, 2.45) is 0 Å². The Morgan fingerprint density at radius 3 is 1.82 bits per heavy atom. The number of fused-ring (bicyclic) bond motifs is 8. The van der Waals surface area contributed by atoms with Gasteiger partial charge in [-0.25, -0.2) is 9.97 Å². The molecule has 40 heavy (non-hydrogen) atoms. The number of carbonyl (C=O) groups is 1. The van der Waals surface area contributed by atoms with Crippen LogP contribution in [0.5, 0.6) is 0 Å². The molecule has 3 aromatic heterocycles. The van der Waals surface area contributed by atoms with Gasteiger partial charge < -0.3 is 14.7 Å². The summed E-state index contributed by atoms with van der Waals surface area (Å²) in [5.74, 6) is -0.239. The van der Waals surface area contributed by atoms with Gasteiger partial charge in [-0.3, -0.25) is 4.79 Å². The van der Waals surface area contributed by atoms with Crippen molar-refractivity contribution in [3.8, 4) is 0 Å². The second kappa shape index (κ2) is 10.6. The molecule has 5 rings (SSSR count). The quantitative estimate of drug-likeness (QED) is 0.312. The number of methoxy groups -OCH3 is 1. The van der Waals surface area contributed by atoms with Crippen molar-refractivity contribution in [1.82, 2.24) is 19.9 Å². The number of esters is 1. The number of aromatic amines is 2. The highest BCUT2D eigenvalue weighted by molar-refractivity contribution is 5.96. The van der Waals surface area contributed by atoms with Gasteiger partial charge in [0.1, 0.15) is 0 Å². The van der Waals surface area contributed by atoms with Crippen LogP contribution >= 0.6 is 0 Å². The summed E-state index contributed by atoms with van der Waals surface area (Å²) in [4.78, 5) is 29.4. The van der Waals surface area contributed by atoms with Crippen molar-refractivity contribution in [2.75, 3.05) is 7.11 Å². The molecular formula is C34H36N4O2. The molecule has 2 aliphatic heterocycles. The van der Waals surface area contributed by atoms with E-state index in [0.29, 0.717) is 6.42 Å². The van der Waals surface area contributed by atoms with E-state index in [-0.39, 0.29) is 12.4 Å². The molecule has 6 nitrogen and oxygen atoms in total. The van der Waals surface area contributed by atoms with Crippen LogP contribution in [0.4, 0.5) is 0 Å². The maximum absolute atomic E-state index is 12.1. The number of aromatic nitrogens is 4. The van der Waals surface area contributed by atoms with Gasteiger partial charge in [0, 0.05) is 39.6 Å². The van der Waals surface area contributed by atoms with Crippen molar-refractivity contribution < 1.29 is 9.53 Å². The van der Waals surface area contributed by atoms with E-state index < -0.39 is 0 Å². The molecule has 0 amide bonds. The van der Waals surface area contributed by atoms with Crippen molar-refractivity contribution in [3.05, 3.63) is 82.5 Å². The summed E-state index contributed by atoms with van der Waals surface area (Å²) in [6.07, 6.45) is 5.46. The highest BCUT2D eigenvalue weighted by Gasteiger charge is 2.21. The first kappa shape index (κ1) is 27.1. The Morgan fingerprint density at radius 2 is 1.27 bits per heavy atom. The second-order valence-corrected chi connectivity index (χ2v) is 10.4. The molecule has 0 radical (unpaired) electrons. The minimum absolute atomic E-state index is 0.239. The third-order valence-electron chi connectivity index (χ3n) is 8.20. The first-order valence-corrected chi connectivity index (χ1v) is 13.7. The minimum atomic E-state index is -0.239. The smallest absolute Gasteiger partial charge is 0.305 e. The van der Waals surface area contributed by atoms with E-state index in [2.05, 4.69) is 82.0 Å². The van der Waals surface area contributed by atoms with Crippen LogP contribution in [-0.2, 0) is 9.53 Å². The van der Waals surface area contributed by atoms with Gasteiger partial charge in [0.05, 0.1) is 29.9 Å². The first-order valence-electron chi connectivity index (χ1n) is 13.7. The number of aryl methyl sites for hydroxylation is 2.